The van der Waals surface area contributed by atoms with Gasteiger partial charge in [0.25, 0.3) is 0 Å². The number of nitrogens with zero attached hydrogens (tertiary/aromatic N) is 4. The van der Waals surface area contributed by atoms with Gasteiger partial charge in [0.15, 0.2) is 5.82 Å². The summed E-state index contributed by atoms with van der Waals surface area (Å²) in [5.41, 5.74) is 7.78. The van der Waals surface area contributed by atoms with Crippen LogP contribution in [0.25, 0.3) is 5.52 Å². The van der Waals surface area contributed by atoms with Gasteiger partial charge in [-0.25, -0.2) is 9.50 Å². The lowest BCUT2D eigenvalue weighted by Crippen LogP contribution is -2.32. The van der Waals surface area contributed by atoms with E-state index in [2.05, 4.69) is 21.0 Å². The first-order valence-corrected chi connectivity index (χ1v) is 6.07. The van der Waals surface area contributed by atoms with Crippen molar-refractivity contribution in [2.45, 2.75) is 25.8 Å². The van der Waals surface area contributed by atoms with E-state index in [4.69, 9.17) is 5.73 Å². The van der Waals surface area contributed by atoms with Crippen molar-refractivity contribution in [1.29, 1.82) is 0 Å². The van der Waals surface area contributed by atoms with Gasteiger partial charge in [-0.15, -0.1) is 0 Å². The zero-order chi connectivity index (χ0) is 11.8. The fourth-order valence-corrected chi connectivity index (χ4v) is 2.24. The van der Waals surface area contributed by atoms with Crippen molar-refractivity contribution in [2.75, 3.05) is 18.0 Å². The minimum absolute atomic E-state index is 0.618. The Bertz CT molecular complexity index is 529. The molecule has 2 aromatic heterocycles. The van der Waals surface area contributed by atoms with Crippen LogP contribution in [0, 0.1) is 6.92 Å². The predicted octanol–water partition coefficient (Wildman–Crippen LogP) is 0.965. The van der Waals surface area contributed by atoms with Crippen molar-refractivity contribution < 1.29 is 0 Å². The summed E-state index contributed by atoms with van der Waals surface area (Å²) < 4.78 is 1.89. The molecule has 17 heavy (non-hydrogen) atoms. The SMILES string of the molecule is Cc1cc2c(N(CCN)C3CC3)nccn2n1. The topological polar surface area (TPSA) is 59.5 Å². The summed E-state index contributed by atoms with van der Waals surface area (Å²) in [6.45, 7) is 3.52. The third-order valence-corrected chi connectivity index (χ3v) is 3.12. The summed E-state index contributed by atoms with van der Waals surface area (Å²) in [4.78, 5) is 6.83. The molecule has 3 rings (SSSR count). The number of nitrogens with two attached hydrogens (primary N) is 1. The van der Waals surface area contributed by atoms with Gasteiger partial charge in [0.1, 0.15) is 5.52 Å². The Balaban J connectivity index is 2.07. The third-order valence-electron chi connectivity index (χ3n) is 3.12. The van der Waals surface area contributed by atoms with Gasteiger partial charge in [0, 0.05) is 31.5 Å². The molecule has 2 aromatic rings. The van der Waals surface area contributed by atoms with Crippen molar-refractivity contribution >= 4 is 11.3 Å². The molecule has 0 radical (unpaired) electrons. The highest BCUT2D eigenvalue weighted by atomic mass is 15.3. The fraction of sp³-hybridized carbons (Fsp3) is 0.500. The quantitative estimate of drug-likeness (QED) is 0.851. The maximum atomic E-state index is 5.69. The van der Waals surface area contributed by atoms with E-state index >= 15 is 0 Å². The molecule has 1 aliphatic rings. The van der Waals surface area contributed by atoms with Crippen LogP contribution in [0.1, 0.15) is 18.5 Å². The van der Waals surface area contributed by atoms with Crippen LogP contribution in [-0.2, 0) is 0 Å². The Morgan fingerprint density at radius 3 is 3.06 bits per heavy atom. The van der Waals surface area contributed by atoms with E-state index in [0.29, 0.717) is 12.6 Å². The van der Waals surface area contributed by atoms with Crippen molar-refractivity contribution in [1.82, 2.24) is 14.6 Å². The highest BCUT2D eigenvalue weighted by Gasteiger charge is 2.30. The molecule has 5 nitrogen and oxygen atoms in total. The number of hydrogen-bond acceptors (Lipinski definition) is 4. The maximum absolute atomic E-state index is 5.69. The molecule has 0 spiro atoms. The number of anilines is 1. The molecule has 0 aliphatic heterocycles. The smallest absolute Gasteiger partial charge is 0.154 e. The maximum Gasteiger partial charge on any atom is 0.154 e. The third kappa shape index (κ3) is 1.86. The van der Waals surface area contributed by atoms with Crippen LogP contribution in [0.4, 0.5) is 5.82 Å². The number of hydrogen-bond donors (Lipinski definition) is 1. The Morgan fingerprint density at radius 2 is 2.35 bits per heavy atom. The molecule has 90 valence electrons. The van der Waals surface area contributed by atoms with Gasteiger partial charge in [-0.1, -0.05) is 0 Å². The van der Waals surface area contributed by atoms with E-state index in [9.17, 15) is 0 Å². The predicted molar refractivity (Wildman–Crippen MR) is 67.1 cm³/mol. The van der Waals surface area contributed by atoms with Crippen LogP contribution in [0.15, 0.2) is 18.5 Å². The second-order valence-electron chi connectivity index (χ2n) is 4.58. The fourth-order valence-electron chi connectivity index (χ4n) is 2.24. The van der Waals surface area contributed by atoms with Gasteiger partial charge in [-0.2, -0.15) is 5.10 Å². The van der Waals surface area contributed by atoms with Crippen molar-refractivity contribution in [2.24, 2.45) is 5.73 Å². The Labute approximate surface area is 100 Å². The monoisotopic (exact) mass is 231 g/mol. The van der Waals surface area contributed by atoms with Gasteiger partial charge in [-0.3, -0.25) is 0 Å². The van der Waals surface area contributed by atoms with Crippen molar-refractivity contribution in [3.05, 3.63) is 24.2 Å². The minimum Gasteiger partial charge on any atom is -0.351 e. The number of rotatable bonds is 4. The molecule has 1 saturated carbocycles. The highest BCUT2D eigenvalue weighted by Crippen LogP contribution is 2.32. The van der Waals surface area contributed by atoms with E-state index in [-0.39, 0.29) is 0 Å². The Morgan fingerprint density at radius 1 is 1.53 bits per heavy atom. The normalized spacial score (nSPS) is 15.4. The van der Waals surface area contributed by atoms with Crippen LogP contribution in [0.5, 0.6) is 0 Å². The average molecular weight is 231 g/mol. The number of fused-ring (bicyclic) bond motifs is 1. The average Bonchev–Trinajstić information content (AvgIpc) is 3.07. The number of aryl methyl sites for hydroxylation is 1. The second-order valence-corrected chi connectivity index (χ2v) is 4.58. The molecule has 2 heterocycles. The Kier molecular flexibility index (Phi) is 2.48. The van der Waals surface area contributed by atoms with E-state index < -0.39 is 0 Å². The Hall–Kier alpha value is -1.62. The molecule has 1 aliphatic carbocycles. The van der Waals surface area contributed by atoms with E-state index in [0.717, 1.165) is 23.6 Å². The lowest BCUT2D eigenvalue weighted by atomic mass is 10.3. The lowest BCUT2D eigenvalue weighted by Gasteiger charge is -2.23. The van der Waals surface area contributed by atoms with Crippen LogP contribution >= 0.6 is 0 Å². The first-order valence-electron chi connectivity index (χ1n) is 6.07. The zero-order valence-electron chi connectivity index (χ0n) is 10.0. The molecule has 1 fully saturated rings. The first-order chi connectivity index (χ1) is 8.29. The van der Waals surface area contributed by atoms with E-state index in [1.54, 1.807) is 6.20 Å². The van der Waals surface area contributed by atoms with Crippen LogP contribution in [0.2, 0.25) is 0 Å². The van der Waals surface area contributed by atoms with Gasteiger partial charge >= 0.3 is 0 Å². The van der Waals surface area contributed by atoms with Gasteiger partial charge in [0.2, 0.25) is 0 Å². The molecule has 0 aromatic carbocycles. The molecule has 0 atom stereocenters. The molecule has 5 heteroatoms. The summed E-state index contributed by atoms with van der Waals surface area (Å²) >= 11 is 0. The highest BCUT2D eigenvalue weighted by molar-refractivity contribution is 5.69. The molecule has 0 unspecified atom stereocenters. The van der Waals surface area contributed by atoms with Gasteiger partial charge in [0.05, 0.1) is 5.69 Å². The lowest BCUT2D eigenvalue weighted by molar-refractivity contribution is 0.768. The first kappa shape index (κ1) is 10.5. The van der Waals surface area contributed by atoms with Crippen LogP contribution in [-0.4, -0.2) is 33.7 Å². The van der Waals surface area contributed by atoms with Gasteiger partial charge in [-0.05, 0) is 25.8 Å². The number of aromatic nitrogens is 3. The van der Waals surface area contributed by atoms with Crippen molar-refractivity contribution in [3.8, 4) is 0 Å². The molecule has 0 bridgehead atoms. The summed E-state index contributed by atoms with van der Waals surface area (Å²) in [5.74, 6) is 1.01. The summed E-state index contributed by atoms with van der Waals surface area (Å²) in [6, 6.07) is 2.70. The van der Waals surface area contributed by atoms with Crippen LogP contribution in [0.3, 0.4) is 0 Å². The molecule has 0 amide bonds. The van der Waals surface area contributed by atoms with E-state index in [1.165, 1.54) is 12.8 Å². The largest absolute Gasteiger partial charge is 0.351 e. The minimum atomic E-state index is 0.618. The molecule has 2 N–H and O–H groups in total. The summed E-state index contributed by atoms with van der Waals surface area (Å²) in [5, 5.41) is 4.41. The molecule has 0 saturated heterocycles. The molecular formula is C12H17N5. The zero-order valence-corrected chi connectivity index (χ0v) is 10.0. The van der Waals surface area contributed by atoms with Crippen LogP contribution < -0.4 is 10.6 Å². The molecular weight excluding hydrogens is 214 g/mol. The van der Waals surface area contributed by atoms with Gasteiger partial charge < -0.3 is 10.6 Å². The summed E-state index contributed by atoms with van der Waals surface area (Å²) in [6.07, 6.45) is 6.19. The second kappa shape index (κ2) is 4.00. The van der Waals surface area contributed by atoms with E-state index in [1.807, 2.05) is 17.6 Å². The summed E-state index contributed by atoms with van der Waals surface area (Å²) in [7, 11) is 0. The van der Waals surface area contributed by atoms with Crippen molar-refractivity contribution in [3.63, 3.8) is 0 Å². The standard InChI is InChI=1S/C12H17N5/c1-9-8-11-12(14-5-7-17(11)15-9)16(6-4-13)10-2-3-10/h5,7-8,10H,2-4,6,13H2,1H3.